The molecule has 32 heavy (non-hydrogen) atoms. The van der Waals surface area contributed by atoms with Crippen LogP contribution >= 0.6 is 11.3 Å². The minimum atomic E-state index is -3.77. The number of aryl methyl sites for hydroxylation is 1. The van der Waals surface area contributed by atoms with Crippen LogP contribution in [0.15, 0.2) is 77.1 Å². The lowest BCUT2D eigenvalue weighted by molar-refractivity contribution is -0.140. The van der Waals surface area contributed by atoms with E-state index >= 15 is 0 Å². The summed E-state index contributed by atoms with van der Waals surface area (Å²) in [7, 11) is -1.88. The van der Waals surface area contributed by atoms with Gasteiger partial charge in [0.25, 0.3) is 0 Å². The highest BCUT2D eigenvalue weighted by atomic mass is 32.2. The number of aromatic nitrogens is 1. The summed E-state index contributed by atoms with van der Waals surface area (Å²) in [5.74, 6) is 3.35. The molecule has 0 radical (unpaired) electrons. The SMILES string of the molecule is Cn1cc(CC(CS(=O)(=O)c2ccc(C#Cc3ccccc3)s2)C(=O)O)c2ccccc21. The van der Waals surface area contributed by atoms with Gasteiger partial charge in [-0.2, -0.15) is 0 Å². The summed E-state index contributed by atoms with van der Waals surface area (Å²) in [6, 6.07) is 20.3. The highest BCUT2D eigenvalue weighted by Gasteiger charge is 2.29. The van der Waals surface area contributed by atoms with E-state index in [1.807, 2.05) is 72.4 Å². The van der Waals surface area contributed by atoms with E-state index in [0.29, 0.717) is 4.88 Å². The fourth-order valence-corrected chi connectivity index (χ4v) is 6.43. The maximum absolute atomic E-state index is 13.0. The molecule has 1 N–H and O–H groups in total. The van der Waals surface area contributed by atoms with Crippen LogP contribution in [0.25, 0.3) is 10.9 Å². The number of carboxylic acid groups (broad SMARTS) is 1. The molecule has 7 heteroatoms. The molecule has 0 fully saturated rings. The zero-order valence-electron chi connectivity index (χ0n) is 17.4. The van der Waals surface area contributed by atoms with Crippen molar-refractivity contribution in [2.75, 3.05) is 5.75 Å². The summed E-state index contributed by atoms with van der Waals surface area (Å²) in [6.07, 6.45) is 2.01. The van der Waals surface area contributed by atoms with Crippen molar-refractivity contribution in [1.29, 1.82) is 0 Å². The number of sulfone groups is 1. The molecule has 0 saturated carbocycles. The van der Waals surface area contributed by atoms with Crippen LogP contribution in [-0.4, -0.2) is 29.8 Å². The predicted octanol–water partition coefficient (Wildman–Crippen LogP) is 4.36. The number of carbonyl (C=O) groups is 1. The molecule has 0 aliphatic carbocycles. The van der Waals surface area contributed by atoms with Gasteiger partial charge in [0.15, 0.2) is 9.84 Å². The Bertz CT molecular complexity index is 1440. The third-order valence-electron chi connectivity index (χ3n) is 5.21. The lowest BCUT2D eigenvalue weighted by atomic mass is 10.0. The Kier molecular flexibility index (Phi) is 6.17. The number of carboxylic acids is 1. The van der Waals surface area contributed by atoms with Gasteiger partial charge in [0.05, 0.1) is 16.5 Å². The lowest BCUT2D eigenvalue weighted by Crippen LogP contribution is -2.25. The fourth-order valence-electron chi connectivity index (χ4n) is 3.63. The van der Waals surface area contributed by atoms with Crippen molar-refractivity contribution in [2.24, 2.45) is 13.0 Å². The van der Waals surface area contributed by atoms with E-state index in [1.165, 1.54) is 6.07 Å². The molecule has 0 aliphatic rings. The Morgan fingerprint density at radius 3 is 2.50 bits per heavy atom. The molecule has 0 amide bonds. The van der Waals surface area contributed by atoms with Gasteiger partial charge >= 0.3 is 5.97 Å². The number of thiophene rings is 1. The molecule has 2 heterocycles. The molecular formula is C25H21NO4S2. The largest absolute Gasteiger partial charge is 0.481 e. The van der Waals surface area contributed by atoms with Gasteiger partial charge in [0.2, 0.25) is 0 Å². The maximum Gasteiger partial charge on any atom is 0.307 e. The van der Waals surface area contributed by atoms with Gasteiger partial charge < -0.3 is 9.67 Å². The minimum Gasteiger partial charge on any atom is -0.481 e. The highest BCUT2D eigenvalue weighted by molar-refractivity contribution is 7.93. The van der Waals surface area contributed by atoms with E-state index in [2.05, 4.69) is 11.8 Å². The van der Waals surface area contributed by atoms with Crippen molar-refractivity contribution in [3.05, 3.63) is 88.9 Å². The first-order valence-corrected chi connectivity index (χ1v) is 12.5. The van der Waals surface area contributed by atoms with Gasteiger partial charge in [-0.25, -0.2) is 8.42 Å². The number of aliphatic carboxylic acids is 1. The first-order chi connectivity index (χ1) is 15.3. The second-order valence-corrected chi connectivity index (χ2v) is 10.9. The van der Waals surface area contributed by atoms with Crippen molar-refractivity contribution in [3.63, 3.8) is 0 Å². The first kappa shape index (κ1) is 21.9. The summed E-state index contributed by atoms with van der Waals surface area (Å²) in [5.41, 5.74) is 2.65. The van der Waals surface area contributed by atoms with Crippen molar-refractivity contribution in [1.82, 2.24) is 4.57 Å². The smallest absolute Gasteiger partial charge is 0.307 e. The number of benzene rings is 2. The monoisotopic (exact) mass is 463 g/mol. The van der Waals surface area contributed by atoms with Gasteiger partial charge in [-0.3, -0.25) is 4.79 Å². The number of hydrogen-bond acceptors (Lipinski definition) is 4. The van der Waals surface area contributed by atoms with Gasteiger partial charge in [-0.15, -0.1) is 11.3 Å². The maximum atomic E-state index is 13.0. The molecule has 0 spiro atoms. The molecule has 162 valence electrons. The average molecular weight is 464 g/mol. The third kappa shape index (κ3) is 4.77. The van der Waals surface area contributed by atoms with Crippen LogP contribution in [0.5, 0.6) is 0 Å². The summed E-state index contributed by atoms with van der Waals surface area (Å²) < 4.78 is 28.0. The third-order valence-corrected chi connectivity index (χ3v) is 8.60. The normalized spacial score (nSPS) is 12.3. The predicted molar refractivity (Wildman–Crippen MR) is 127 cm³/mol. The molecule has 2 aromatic carbocycles. The quantitative estimate of drug-likeness (QED) is 0.431. The van der Waals surface area contributed by atoms with E-state index < -0.39 is 27.5 Å². The molecule has 0 bridgehead atoms. The standard InChI is InChI=1S/C25H21NO4S2/c1-26-16-19(22-9-5-6-10-23(22)26)15-20(25(27)28)17-32(29,30)24-14-13-21(31-24)12-11-18-7-3-2-4-8-18/h2-10,13-14,16,20H,15,17H2,1H3,(H,27,28). The van der Waals surface area contributed by atoms with Crippen LogP contribution in [0, 0.1) is 17.8 Å². The van der Waals surface area contributed by atoms with E-state index in [0.717, 1.165) is 33.4 Å². The Hall–Kier alpha value is -3.34. The minimum absolute atomic E-state index is 0.138. The van der Waals surface area contributed by atoms with Crippen LogP contribution in [-0.2, 0) is 28.1 Å². The Labute approximate surface area is 190 Å². The number of nitrogens with zero attached hydrogens (tertiary/aromatic N) is 1. The summed E-state index contributed by atoms with van der Waals surface area (Å²) >= 11 is 1.07. The molecule has 0 aliphatic heterocycles. The first-order valence-electron chi connectivity index (χ1n) is 9.99. The van der Waals surface area contributed by atoms with Crippen LogP contribution in [0.4, 0.5) is 0 Å². The molecule has 1 atom stereocenters. The van der Waals surface area contributed by atoms with Crippen LogP contribution in [0.3, 0.4) is 0 Å². The zero-order valence-corrected chi connectivity index (χ0v) is 19.0. The Morgan fingerprint density at radius 2 is 1.75 bits per heavy atom. The van der Waals surface area contributed by atoms with Crippen LogP contribution in [0.2, 0.25) is 0 Å². The number of rotatable bonds is 6. The van der Waals surface area contributed by atoms with E-state index in [-0.39, 0.29) is 10.6 Å². The molecular weight excluding hydrogens is 442 g/mol. The van der Waals surface area contributed by atoms with Crippen molar-refractivity contribution < 1.29 is 18.3 Å². The van der Waals surface area contributed by atoms with Gasteiger partial charge in [0.1, 0.15) is 4.21 Å². The summed E-state index contributed by atoms with van der Waals surface area (Å²) in [5, 5.41) is 10.7. The molecule has 4 rings (SSSR count). The van der Waals surface area contributed by atoms with Gasteiger partial charge in [-0.1, -0.05) is 48.2 Å². The topological polar surface area (TPSA) is 76.4 Å². The van der Waals surface area contributed by atoms with Crippen LogP contribution < -0.4 is 0 Å². The molecule has 5 nitrogen and oxygen atoms in total. The summed E-state index contributed by atoms with van der Waals surface area (Å²) in [4.78, 5) is 12.5. The van der Waals surface area contributed by atoms with E-state index in [1.54, 1.807) is 6.07 Å². The zero-order chi connectivity index (χ0) is 22.7. The highest BCUT2D eigenvalue weighted by Crippen LogP contribution is 2.27. The van der Waals surface area contributed by atoms with Gasteiger partial charge in [0, 0.05) is 29.7 Å². The average Bonchev–Trinajstić information content (AvgIpc) is 3.38. The lowest BCUT2D eigenvalue weighted by Gasteiger charge is -2.11. The second-order valence-electron chi connectivity index (χ2n) is 7.54. The molecule has 4 aromatic rings. The van der Waals surface area contributed by atoms with Gasteiger partial charge in [-0.05, 0) is 42.3 Å². The molecule has 0 saturated heterocycles. The second kappa shape index (κ2) is 9.03. The fraction of sp³-hybridized carbons (Fsp3) is 0.160. The molecule has 2 aromatic heterocycles. The van der Waals surface area contributed by atoms with Crippen molar-refractivity contribution in [3.8, 4) is 11.8 Å². The molecule has 1 unspecified atom stereocenters. The Morgan fingerprint density at radius 1 is 1.03 bits per heavy atom. The van der Waals surface area contributed by atoms with Crippen molar-refractivity contribution in [2.45, 2.75) is 10.6 Å². The summed E-state index contributed by atoms with van der Waals surface area (Å²) in [6.45, 7) is 0. The number of fused-ring (bicyclic) bond motifs is 1. The van der Waals surface area contributed by atoms with E-state index in [4.69, 9.17) is 0 Å². The Balaban J connectivity index is 1.55. The number of hydrogen-bond donors (Lipinski definition) is 1. The van der Waals surface area contributed by atoms with E-state index in [9.17, 15) is 18.3 Å². The van der Waals surface area contributed by atoms with Crippen LogP contribution in [0.1, 0.15) is 16.0 Å². The van der Waals surface area contributed by atoms with Crippen molar-refractivity contribution >= 4 is 38.0 Å². The number of para-hydroxylation sites is 1.